The van der Waals surface area contributed by atoms with E-state index in [1.54, 1.807) is 12.4 Å². The largest absolute Gasteiger partial charge is 0.388 e. The Bertz CT molecular complexity index is 438. The van der Waals surface area contributed by atoms with E-state index in [2.05, 4.69) is 4.98 Å². The first-order valence-corrected chi connectivity index (χ1v) is 6.64. The molecular weight excluding hydrogens is 262 g/mol. The SMILES string of the molecule is O=C(CCc1cccnc1)CC1OCC(O)C(O)C1O. The third-order valence-corrected chi connectivity index (χ3v) is 3.45. The highest BCUT2D eigenvalue weighted by molar-refractivity contribution is 5.79. The molecule has 1 saturated heterocycles. The lowest BCUT2D eigenvalue weighted by molar-refractivity contribution is -0.189. The Kier molecular flexibility index (Phi) is 5.19. The number of ketones is 1. The summed E-state index contributed by atoms with van der Waals surface area (Å²) in [5, 5.41) is 28.6. The number of carbonyl (C=O) groups is 1. The van der Waals surface area contributed by atoms with Crippen molar-refractivity contribution >= 4 is 5.78 Å². The van der Waals surface area contributed by atoms with Crippen LogP contribution in [0.2, 0.25) is 0 Å². The first-order chi connectivity index (χ1) is 9.58. The molecule has 0 aromatic carbocycles. The van der Waals surface area contributed by atoms with Gasteiger partial charge in [-0.1, -0.05) is 6.07 Å². The van der Waals surface area contributed by atoms with Gasteiger partial charge >= 0.3 is 0 Å². The van der Waals surface area contributed by atoms with Crippen LogP contribution in [-0.4, -0.2) is 57.1 Å². The molecule has 1 fully saturated rings. The summed E-state index contributed by atoms with van der Waals surface area (Å²) in [5.41, 5.74) is 0.974. The maximum absolute atomic E-state index is 11.9. The van der Waals surface area contributed by atoms with Crippen LogP contribution >= 0.6 is 0 Å². The van der Waals surface area contributed by atoms with Gasteiger partial charge in [0.25, 0.3) is 0 Å². The summed E-state index contributed by atoms with van der Waals surface area (Å²) in [5.74, 6) is -0.0542. The summed E-state index contributed by atoms with van der Waals surface area (Å²) in [4.78, 5) is 15.8. The highest BCUT2D eigenvalue weighted by atomic mass is 16.5. The van der Waals surface area contributed by atoms with Gasteiger partial charge in [-0.25, -0.2) is 0 Å². The zero-order valence-electron chi connectivity index (χ0n) is 11.1. The first-order valence-electron chi connectivity index (χ1n) is 6.64. The monoisotopic (exact) mass is 281 g/mol. The van der Waals surface area contributed by atoms with Crippen molar-refractivity contribution in [3.05, 3.63) is 30.1 Å². The van der Waals surface area contributed by atoms with Gasteiger partial charge in [0.2, 0.25) is 0 Å². The highest BCUT2D eigenvalue weighted by Gasteiger charge is 2.38. The lowest BCUT2D eigenvalue weighted by Gasteiger charge is -2.34. The molecule has 4 unspecified atom stereocenters. The Hall–Kier alpha value is -1.34. The van der Waals surface area contributed by atoms with Crippen LogP contribution in [0.3, 0.4) is 0 Å². The molecule has 0 bridgehead atoms. The molecule has 4 atom stereocenters. The molecule has 110 valence electrons. The van der Waals surface area contributed by atoms with Crippen molar-refractivity contribution in [2.45, 2.75) is 43.7 Å². The van der Waals surface area contributed by atoms with Gasteiger partial charge in [0.05, 0.1) is 12.7 Å². The fraction of sp³-hybridized carbons (Fsp3) is 0.571. The van der Waals surface area contributed by atoms with E-state index in [0.717, 1.165) is 5.56 Å². The van der Waals surface area contributed by atoms with Crippen LogP contribution in [0.4, 0.5) is 0 Å². The number of pyridine rings is 1. The zero-order chi connectivity index (χ0) is 14.5. The van der Waals surface area contributed by atoms with Crippen LogP contribution < -0.4 is 0 Å². The summed E-state index contributed by atoms with van der Waals surface area (Å²) in [6.07, 6.45) is -0.0330. The molecule has 1 aromatic rings. The molecule has 0 spiro atoms. The van der Waals surface area contributed by atoms with Crippen molar-refractivity contribution in [2.24, 2.45) is 0 Å². The third kappa shape index (κ3) is 3.83. The van der Waals surface area contributed by atoms with Crippen LogP contribution in [0, 0.1) is 0 Å². The standard InChI is InChI=1S/C14H19NO5/c16-10(4-3-9-2-1-5-15-7-9)6-12-14(19)13(18)11(17)8-20-12/h1-2,5,7,11-14,17-19H,3-4,6,8H2. The number of ether oxygens (including phenoxy) is 1. The minimum absolute atomic E-state index is 0.0329. The van der Waals surface area contributed by atoms with Crippen molar-refractivity contribution in [2.75, 3.05) is 6.61 Å². The van der Waals surface area contributed by atoms with Crippen LogP contribution in [0.1, 0.15) is 18.4 Å². The van der Waals surface area contributed by atoms with Gasteiger partial charge in [0.1, 0.15) is 24.1 Å². The van der Waals surface area contributed by atoms with Crippen molar-refractivity contribution in [1.29, 1.82) is 0 Å². The lowest BCUT2D eigenvalue weighted by Crippen LogP contribution is -2.53. The van der Waals surface area contributed by atoms with Gasteiger partial charge in [0.15, 0.2) is 0 Å². The second-order valence-corrected chi connectivity index (χ2v) is 5.02. The Balaban J connectivity index is 1.80. The van der Waals surface area contributed by atoms with E-state index in [4.69, 9.17) is 4.74 Å². The molecule has 2 rings (SSSR count). The normalized spacial score (nSPS) is 30.1. The maximum atomic E-state index is 11.9. The number of aliphatic hydroxyl groups is 3. The molecular formula is C14H19NO5. The topological polar surface area (TPSA) is 99.9 Å². The van der Waals surface area contributed by atoms with Crippen LogP contribution in [0.5, 0.6) is 0 Å². The van der Waals surface area contributed by atoms with E-state index < -0.39 is 24.4 Å². The average Bonchev–Trinajstić information content (AvgIpc) is 2.47. The van der Waals surface area contributed by atoms with Gasteiger partial charge in [0, 0.05) is 25.2 Å². The number of aliphatic hydroxyl groups excluding tert-OH is 3. The van der Waals surface area contributed by atoms with Gasteiger partial charge in [-0.2, -0.15) is 0 Å². The molecule has 3 N–H and O–H groups in total. The number of Topliss-reactive ketones (excluding diaryl/α,β-unsaturated/α-hetero) is 1. The van der Waals surface area contributed by atoms with Gasteiger partial charge in [-0.15, -0.1) is 0 Å². The minimum atomic E-state index is -1.26. The summed E-state index contributed by atoms with van der Waals surface area (Å²) in [6, 6.07) is 3.71. The fourth-order valence-corrected chi connectivity index (χ4v) is 2.20. The van der Waals surface area contributed by atoms with E-state index in [1.165, 1.54) is 0 Å². The third-order valence-electron chi connectivity index (χ3n) is 3.45. The summed E-state index contributed by atoms with van der Waals surface area (Å²) >= 11 is 0. The molecule has 1 aromatic heterocycles. The minimum Gasteiger partial charge on any atom is -0.388 e. The molecule has 0 aliphatic carbocycles. The van der Waals surface area contributed by atoms with Crippen LogP contribution in [0.25, 0.3) is 0 Å². The van der Waals surface area contributed by atoms with E-state index in [9.17, 15) is 20.1 Å². The van der Waals surface area contributed by atoms with Crippen molar-refractivity contribution in [1.82, 2.24) is 4.98 Å². The van der Waals surface area contributed by atoms with Gasteiger partial charge in [-0.3, -0.25) is 9.78 Å². The number of aryl methyl sites for hydroxylation is 1. The Morgan fingerprint density at radius 3 is 2.85 bits per heavy atom. The zero-order valence-corrected chi connectivity index (χ0v) is 11.1. The van der Waals surface area contributed by atoms with Crippen molar-refractivity contribution in [3.63, 3.8) is 0 Å². The number of hydrogen-bond acceptors (Lipinski definition) is 6. The van der Waals surface area contributed by atoms with Crippen molar-refractivity contribution < 1.29 is 24.9 Å². The molecule has 6 nitrogen and oxygen atoms in total. The number of aromatic nitrogens is 1. The van der Waals surface area contributed by atoms with E-state index in [0.29, 0.717) is 12.8 Å². The number of hydrogen-bond donors (Lipinski definition) is 3. The second kappa shape index (κ2) is 6.90. The fourth-order valence-electron chi connectivity index (χ4n) is 2.20. The number of nitrogens with zero attached hydrogens (tertiary/aromatic N) is 1. The lowest BCUT2D eigenvalue weighted by atomic mass is 9.95. The first kappa shape index (κ1) is 15.1. The molecule has 1 aliphatic rings. The molecule has 1 aliphatic heterocycles. The van der Waals surface area contributed by atoms with Gasteiger partial charge < -0.3 is 20.1 Å². The summed E-state index contributed by atoms with van der Waals surface area (Å²) in [6.45, 7) is -0.0707. The number of carbonyl (C=O) groups excluding carboxylic acids is 1. The maximum Gasteiger partial charge on any atom is 0.135 e. The molecule has 0 amide bonds. The highest BCUT2D eigenvalue weighted by Crippen LogP contribution is 2.19. The average molecular weight is 281 g/mol. The van der Waals surface area contributed by atoms with E-state index in [1.807, 2.05) is 12.1 Å². The molecule has 2 heterocycles. The Labute approximate surface area is 117 Å². The summed E-state index contributed by atoms with van der Waals surface area (Å²) < 4.78 is 5.20. The quantitative estimate of drug-likeness (QED) is 0.670. The van der Waals surface area contributed by atoms with E-state index >= 15 is 0 Å². The van der Waals surface area contributed by atoms with Crippen molar-refractivity contribution in [3.8, 4) is 0 Å². The molecule has 6 heteroatoms. The molecule has 0 radical (unpaired) electrons. The summed E-state index contributed by atoms with van der Waals surface area (Å²) in [7, 11) is 0. The predicted octanol–water partition coefficient (Wildman–Crippen LogP) is -0.545. The Morgan fingerprint density at radius 1 is 1.35 bits per heavy atom. The predicted molar refractivity (Wildman–Crippen MR) is 69.9 cm³/mol. The van der Waals surface area contributed by atoms with Crippen LogP contribution in [-0.2, 0) is 16.0 Å². The smallest absolute Gasteiger partial charge is 0.135 e. The van der Waals surface area contributed by atoms with Gasteiger partial charge in [-0.05, 0) is 18.1 Å². The molecule has 20 heavy (non-hydrogen) atoms. The second-order valence-electron chi connectivity index (χ2n) is 5.02. The number of rotatable bonds is 5. The Morgan fingerprint density at radius 2 is 2.15 bits per heavy atom. The van der Waals surface area contributed by atoms with E-state index in [-0.39, 0.29) is 18.8 Å². The molecule has 0 saturated carbocycles. The van der Waals surface area contributed by atoms with Crippen LogP contribution in [0.15, 0.2) is 24.5 Å².